The van der Waals surface area contributed by atoms with Gasteiger partial charge in [0.05, 0.1) is 17.5 Å². The van der Waals surface area contributed by atoms with Crippen molar-refractivity contribution in [2.24, 2.45) is 0 Å². The molecule has 3 aromatic rings. The number of nitrogens with zero attached hydrogens (tertiary/aromatic N) is 5. The van der Waals surface area contributed by atoms with Crippen LogP contribution in [0.4, 0.5) is 13.2 Å². The normalized spacial score (nSPS) is 11.9. The maximum Gasteiger partial charge on any atom is 0.433 e. The number of carbonyl (C=O) groups excluding carboxylic acids is 1. The van der Waals surface area contributed by atoms with E-state index in [-0.39, 0.29) is 6.54 Å². The predicted molar refractivity (Wildman–Crippen MR) is 99.6 cm³/mol. The van der Waals surface area contributed by atoms with Crippen molar-refractivity contribution in [3.8, 4) is 5.82 Å². The van der Waals surface area contributed by atoms with Crippen molar-refractivity contribution in [2.75, 3.05) is 0 Å². The number of nitrogens with one attached hydrogen (secondary N) is 1. The van der Waals surface area contributed by atoms with Gasteiger partial charge in [-0.25, -0.2) is 9.67 Å². The van der Waals surface area contributed by atoms with Crippen LogP contribution in [0.3, 0.4) is 0 Å². The third-order valence-electron chi connectivity index (χ3n) is 4.29. The average Bonchev–Trinajstić information content (AvgIpc) is 3.23. The standard InChI is InChI=1S/C19H21F3N6O/c1-11(2)27-17(19(20,21)22)15(10-25-27)18(29)24-9-14-5-6-16(23-8-14)28-13(4)7-12(3)26-28/h5-8,10-11H,9H2,1-4H3,(H,24,29). The number of hydrogen-bond donors (Lipinski definition) is 1. The number of alkyl halides is 3. The minimum atomic E-state index is -4.68. The van der Waals surface area contributed by atoms with Gasteiger partial charge in [-0.1, -0.05) is 6.07 Å². The smallest absolute Gasteiger partial charge is 0.348 e. The molecule has 0 saturated heterocycles. The van der Waals surface area contributed by atoms with Crippen molar-refractivity contribution in [1.82, 2.24) is 29.9 Å². The van der Waals surface area contributed by atoms with Gasteiger partial charge in [0.15, 0.2) is 11.5 Å². The van der Waals surface area contributed by atoms with Crippen molar-refractivity contribution in [2.45, 2.75) is 46.5 Å². The molecule has 0 saturated carbocycles. The first-order valence-electron chi connectivity index (χ1n) is 8.99. The maximum atomic E-state index is 13.4. The summed E-state index contributed by atoms with van der Waals surface area (Å²) in [7, 11) is 0. The number of pyridine rings is 1. The summed E-state index contributed by atoms with van der Waals surface area (Å²) in [6.45, 7) is 6.96. The Labute approximate surface area is 165 Å². The van der Waals surface area contributed by atoms with Crippen molar-refractivity contribution in [1.29, 1.82) is 0 Å². The number of aryl methyl sites for hydroxylation is 2. The van der Waals surface area contributed by atoms with E-state index in [2.05, 4.69) is 20.5 Å². The third kappa shape index (κ3) is 4.30. The zero-order valence-corrected chi connectivity index (χ0v) is 16.4. The highest BCUT2D eigenvalue weighted by molar-refractivity contribution is 5.95. The van der Waals surface area contributed by atoms with E-state index in [1.807, 2.05) is 19.9 Å². The molecule has 29 heavy (non-hydrogen) atoms. The van der Waals surface area contributed by atoms with Crippen LogP contribution in [0.15, 0.2) is 30.6 Å². The summed E-state index contributed by atoms with van der Waals surface area (Å²) < 4.78 is 42.7. The molecule has 0 fully saturated rings. The van der Waals surface area contributed by atoms with Gasteiger partial charge in [-0.15, -0.1) is 0 Å². The lowest BCUT2D eigenvalue weighted by molar-refractivity contribution is -0.145. The molecule has 0 bridgehead atoms. The van der Waals surface area contributed by atoms with E-state index < -0.39 is 29.4 Å². The first kappa shape index (κ1) is 20.6. The zero-order chi connectivity index (χ0) is 21.3. The highest BCUT2D eigenvalue weighted by atomic mass is 19.4. The van der Waals surface area contributed by atoms with Crippen LogP contribution in [0.25, 0.3) is 5.82 Å². The van der Waals surface area contributed by atoms with Gasteiger partial charge < -0.3 is 5.32 Å². The van der Waals surface area contributed by atoms with E-state index in [1.165, 1.54) is 0 Å². The van der Waals surface area contributed by atoms with E-state index in [1.54, 1.807) is 36.9 Å². The quantitative estimate of drug-likeness (QED) is 0.702. The molecule has 0 atom stereocenters. The maximum absolute atomic E-state index is 13.4. The van der Waals surface area contributed by atoms with Crippen LogP contribution in [0, 0.1) is 13.8 Å². The summed E-state index contributed by atoms with van der Waals surface area (Å²) in [6.07, 6.45) is -2.19. The fourth-order valence-corrected chi connectivity index (χ4v) is 2.99. The Hall–Kier alpha value is -3.17. The molecular formula is C19H21F3N6O. The monoisotopic (exact) mass is 406 g/mol. The van der Waals surface area contributed by atoms with Gasteiger partial charge in [-0.05, 0) is 45.4 Å². The zero-order valence-electron chi connectivity index (χ0n) is 16.4. The van der Waals surface area contributed by atoms with Crippen LogP contribution in [0.5, 0.6) is 0 Å². The second kappa shape index (κ2) is 7.69. The van der Waals surface area contributed by atoms with E-state index in [0.29, 0.717) is 11.4 Å². The molecule has 1 amide bonds. The Morgan fingerprint density at radius 2 is 1.93 bits per heavy atom. The number of carbonyl (C=O) groups is 1. The van der Waals surface area contributed by atoms with Crippen LogP contribution in [-0.4, -0.2) is 30.5 Å². The SMILES string of the molecule is Cc1cc(C)n(-c2ccc(CNC(=O)c3cnn(C(C)C)c3C(F)(F)F)cn2)n1. The van der Waals surface area contributed by atoms with E-state index in [0.717, 1.165) is 22.3 Å². The van der Waals surface area contributed by atoms with Gasteiger partial charge in [-0.3, -0.25) is 9.48 Å². The van der Waals surface area contributed by atoms with Crippen molar-refractivity contribution >= 4 is 5.91 Å². The molecule has 0 aromatic carbocycles. The van der Waals surface area contributed by atoms with E-state index in [4.69, 9.17) is 0 Å². The molecule has 1 N–H and O–H groups in total. The van der Waals surface area contributed by atoms with Crippen LogP contribution in [0.2, 0.25) is 0 Å². The number of rotatable bonds is 5. The minimum absolute atomic E-state index is 0.0351. The summed E-state index contributed by atoms with van der Waals surface area (Å²) in [5, 5.41) is 10.6. The summed E-state index contributed by atoms with van der Waals surface area (Å²) >= 11 is 0. The molecule has 0 aliphatic rings. The number of halogens is 3. The summed E-state index contributed by atoms with van der Waals surface area (Å²) in [4.78, 5) is 16.7. The first-order chi connectivity index (χ1) is 13.6. The summed E-state index contributed by atoms with van der Waals surface area (Å²) in [5.41, 5.74) is 0.885. The van der Waals surface area contributed by atoms with Gasteiger partial charge >= 0.3 is 6.18 Å². The Kier molecular flexibility index (Phi) is 5.45. The van der Waals surface area contributed by atoms with Gasteiger partial charge in [0.1, 0.15) is 0 Å². The van der Waals surface area contributed by atoms with E-state index >= 15 is 0 Å². The minimum Gasteiger partial charge on any atom is -0.348 e. The van der Waals surface area contributed by atoms with Crippen molar-refractivity contribution in [3.05, 3.63) is 58.8 Å². The number of aromatic nitrogens is 5. The van der Waals surface area contributed by atoms with Crippen molar-refractivity contribution < 1.29 is 18.0 Å². The van der Waals surface area contributed by atoms with Crippen molar-refractivity contribution in [3.63, 3.8) is 0 Å². The first-order valence-corrected chi connectivity index (χ1v) is 8.99. The molecule has 3 aromatic heterocycles. The molecule has 0 spiro atoms. The molecule has 0 radical (unpaired) electrons. The molecule has 154 valence electrons. The lowest BCUT2D eigenvalue weighted by Crippen LogP contribution is -2.27. The van der Waals surface area contributed by atoms with Gasteiger partial charge in [0.25, 0.3) is 5.91 Å². The van der Waals surface area contributed by atoms with Gasteiger partial charge in [0, 0.05) is 24.5 Å². The number of hydrogen-bond acceptors (Lipinski definition) is 4. The van der Waals surface area contributed by atoms with Crippen LogP contribution >= 0.6 is 0 Å². The molecule has 10 heteroatoms. The van der Waals surface area contributed by atoms with Crippen LogP contribution < -0.4 is 5.32 Å². The lowest BCUT2D eigenvalue weighted by Gasteiger charge is -2.15. The lowest BCUT2D eigenvalue weighted by atomic mass is 10.2. The van der Waals surface area contributed by atoms with Gasteiger partial charge in [-0.2, -0.15) is 23.4 Å². The molecule has 0 aliphatic heterocycles. The summed E-state index contributed by atoms with van der Waals surface area (Å²) in [5.74, 6) is -0.227. The molecule has 0 aliphatic carbocycles. The van der Waals surface area contributed by atoms with Crippen LogP contribution in [-0.2, 0) is 12.7 Å². The Morgan fingerprint density at radius 1 is 1.21 bits per heavy atom. The molecule has 7 nitrogen and oxygen atoms in total. The molecule has 3 heterocycles. The second-order valence-corrected chi connectivity index (χ2v) is 6.99. The predicted octanol–water partition coefficient (Wildman–Crippen LogP) is 3.61. The Morgan fingerprint density at radius 3 is 2.45 bits per heavy atom. The largest absolute Gasteiger partial charge is 0.433 e. The molecule has 3 rings (SSSR count). The van der Waals surface area contributed by atoms with Gasteiger partial charge in [0.2, 0.25) is 0 Å². The molecule has 0 unspecified atom stereocenters. The fourth-order valence-electron chi connectivity index (χ4n) is 2.99. The fraction of sp³-hybridized carbons (Fsp3) is 0.368. The highest BCUT2D eigenvalue weighted by Gasteiger charge is 2.40. The third-order valence-corrected chi connectivity index (χ3v) is 4.29. The highest BCUT2D eigenvalue weighted by Crippen LogP contribution is 2.33. The van der Waals surface area contributed by atoms with E-state index in [9.17, 15) is 18.0 Å². The average molecular weight is 406 g/mol. The second-order valence-electron chi connectivity index (χ2n) is 6.99. The Bertz CT molecular complexity index is 1020. The molecular weight excluding hydrogens is 385 g/mol. The van der Waals surface area contributed by atoms with Crippen LogP contribution in [0.1, 0.15) is 52.9 Å². The number of amides is 1. The topological polar surface area (TPSA) is 77.6 Å². The Balaban J connectivity index is 1.74. The summed E-state index contributed by atoms with van der Waals surface area (Å²) in [6, 6.07) is 4.87.